The van der Waals surface area contributed by atoms with Gasteiger partial charge in [-0.2, -0.15) is 0 Å². The van der Waals surface area contributed by atoms with Gasteiger partial charge in [0.1, 0.15) is 0 Å². The lowest BCUT2D eigenvalue weighted by Crippen LogP contribution is -2.34. The molecule has 1 aliphatic rings. The molecule has 33 heavy (non-hydrogen) atoms. The number of carbonyl (C=O) groups is 3. The van der Waals surface area contributed by atoms with Crippen LogP contribution in [0.25, 0.3) is 0 Å². The van der Waals surface area contributed by atoms with E-state index in [2.05, 4.69) is 15.5 Å². The van der Waals surface area contributed by atoms with Gasteiger partial charge < -0.3 is 16.8 Å². The fourth-order valence-corrected chi connectivity index (χ4v) is 2.93. The Morgan fingerprint density at radius 1 is 1.00 bits per heavy atom. The van der Waals surface area contributed by atoms with Crippen LogP contribution in [0.5, 0.6) is 0 Å². The number of nitrogens with one attached hydrogen (secondary N) is 1. The van der Waals surface area contributed by atoms with Crippen LogP contribution >= 0.6 is 0 Å². The molecule has 1 heterocycles. The number of guanidine groups is 1. The monoisotopic (exact) mass is 454 g/mol. The summed E-state index contributed by atoms with van der Waals surface area (Å²) in [4.78, 5) is 59.9. The van der Waals surface area contributed by atoms with Crippen molar-refractivity contribution in [2.45, 2.75) is 0 Å². The predicted molar refractivity (Wildman–Crippen MR) is 114 cm³/mol. The van der Waals surface area contributed by atoms with Crippen molar-refractivity contribution in [3.63, 3.8) is 0 Å². The first-order chi connectivity index (χ1) is 15.6. The Morgan fingerprint density at radius 3 is 2.21 bits per heavy atom. The zero-order chi connectivity index (χ0) is 24.3. The van der Waals surface area contributed by atoms with E-state index in [-0.39, 0.29) is 17.1 Å². The molecule has 0 aliphatic carbocycles. The molecule has 15 nitrogen and oxygen atoms in total. The number of benzene rings is 2. The van der Waals surface area contributed by atoms with Crippen molar-refractivity contribution in [2.75, 3.05) is 10.2 Å². The maximum Gasteiger partial charge on any atom is 0.282 e. The summed E-state index contributed by atoms with van der Waals surface area (Å²) in [6, 6.07) is 9.49. The number of amides is 3. The number of rotatable bonds is 6. The second-order valence-electron chi connectivity index (χ2n) is 6.50. The Bertz CT molecular complexity index is 1250. The minimum atomic E-state index is -1.83. The Hall–Kier alpha value is -5.21. The third-order valence-corrected chi connectivity index (χ3v) is 4.32. The summed E-state index contributed by atoms with van der Waals surface area (Å²) in [5.41, 5.74) is 8.84. The predicted octanol–water partition coefficient (Wildman–Crippen LogP) is 0.261. The van der Waals surface area contributed by atoms with Gasteiger partial charge >= 0.3 is 0 Å². The summed E-state index contributed by atoms with van der Waals surface area (Å²) in [6.45, 7) is 0. The van der Waals surface area contributed by atoms with E-state index in [1.54, 1.807) is 0 Å². The highest BCUT2D eigenvalue weighted by atomic mass is 16.6. The van der Waals surface area contributed by atoms with Crippen molar-refractivity contribution < 1.29 is 24.2 Å². The minimum absolute atomic E-state index is 0.0237. The number of nitro benzene ring substituents is 2. The molecule has 5 N–H and O–H groups in total. The molecule has 3 amide bonds. The van der Waals surface area contributed by atoms with Gasteiger partial charge in [0.15, 0.2) is 11.6 Å². The standard InChI is InChI=1S/C18H14N8O7/c19-18(20)23-22-14-13(15(27)21-9-3-1-5-11(7-9)25(30)31)16(28)24(17(14)29)10-4-2-6-12(8-10)26(32)33/h1-8,13H,(H,21,27)(H4,19,20,23)/b22-14-. The van der Waals surface area contributed by atoms with E-state index in [0.29, 0.717) is 4.90 Å². The minimum Gasteiger partial charge on any atom is -0.369 e. The molecule has 0 spiro atoms. The van der Waals surface area contributed by atoms with Crippen LogP contribution in [0.2, 0.25) is 0 Å². The summed E-state index contributed by atoms with van der Waals surface area (Å²) in [5, 5.41) is 31.2. The van der Waals surface area contributed by atoms with E-state index < -0.39 is 50.8 Å². The van der Waals surface area contributed by atoms with Gasteiger partial charge in [-0.1, -0.05) is 12.1 Å². The van der Waals surface area contributed by atoms with E-state index in [4.69, 9.17) is 11.5 Å². The lowest BCUT2D eigenvalue weighted by atomic mass is 10.0. The zero-order valence-corrected chi connectivity index (χ0v) is 16.4. The second-order valence-corrected chi connectivity index (χ2v) is 6.50. The van der Waals surface area contributed by atoms with E-state index in [0.717, 1.165) is 18.2 Å². The molecule has 168 valence electrons. The highest BCUT2D eigenvalue weighted by Gasteiger charge is 2.50. The topological polar surface area (TPSA) is 230 Å². The van der Waals surface area contributed by atoms with Crippen molar-refractivity contribution in [3.8, 4) is 0 Å². The van der Waals surface area contributed by atoms with Crippen molar-refractivity contribution in [3.05, 3.63) is 68.8 Å². The van der Waals surface area contributed by atoms with Crippen LogP contribution in [0, 0.1) is 26.1 Å². The third-order valence-electron chi connectivity index (χ3n) is 4.32. The first-order valence-corrected chi connectivity index (χ1v) is 8.94. The lowest BCUT2D eigenvalue weighted by molar-refractivity contribution is -0.385. The van der Waals surface area contributed by atoms with E-state index >= 15 is 0 Å². The van der Waals surface area contributed by atoms with Crippen LogP contribution in [0.1, 0.15) is 0 Å². The normalized spacial score (nSPS) is 16.5. The summed E-state index contributed by atoms with van der Waals surface area (Å²) < 4.78 is 0. The molecule has 0 radical (unpaired) electrons. The summed E-state index contributed by atoms with van der Waals surface area (Å²) in [7, 11) is 0. The number of nitro groups is 2. The summed E-state index contributed by atoms with van der Waals surface area (Å²) in [5.74, 6) is -5.60. The number of imide groups is 1. The summed E-state index contributed by atoms with van der Waals surface area (Å²) >= 11 is 0. The molecule has 3 rings (SSSR count). The van der Waals surface area contributed by atoms with Crippen molar-refractivity contribution in [1.82, 2.24) is 0 Å². The number of nitrogens with zero attached hydrogens (tertiary/aromatic N) is 5. The van der Waals surface area contributed by atoms with Crippen LogP contribution in [0.3, 0.4) is 0 Å². The average molecular weight is 454 g/mol. The summed E-state index contributed by atoms with van der Waals surface area (Å²) in [6.07, 6.45) is 0. The first-order valence-electron chi connectivity index (χ1n) is 8.94. The number of non-ortho nitro benzene ring substituents is 2. The molecule has 0 saturated carbocycles. The third kappa shape index (κ3) is 4.61. The Labute approximate surface area is 183 Å². The number of nitrogens with two attached hydrogens (primary N) is 2. The Balaban J connectivity index is 2.02. The molecular formula is C18H14N8O7. The first kappa shape index (κ1) is 22.5. The largest absolute Gasteiger partial charge is 0.369 e. The van der Waals surface area contributed by atoms with E-state index in [1.165, 1.54) is 30.3 Å². The fraction of sp³-hybridized carbons (Fsp3) is 0.0556. The lowest BCUT2D eigenvalue weighted by Gasteiger charge is -2.14. The van der Waals surface area contributed by atoms with Crippen LogP contribution in [-0.4, -0.2) is 39.2 Å². The number of hydrogen-bond acceptors (Lipinski definition) is 9. The number of anilines is 2. The second kappa shape index (κ2) is 8.88. The fourth-order valence-electron chi connectivity index (χ4n) is 2.93. The Morgan fingerprint density at radius 2 is 1.61 bits per heavy atom. The van der Waals surface area contributed by atoms with Crippen LogP contribution < -0.4 is 21.7 Å². The smallest absolute Gasteiger partial charge is 0.282 e. The Kier molecular flexibility index (Phi) is 6.05. The molecular weight excluding hydrogens is 440 g/mol. The van der Waals surface area contributed by atoms with Gasteiger partial charge in [-0.15, -0.1) is 10.2 Å². The maximum atomic E-state index is 13.0. The highest BCUT2D eigenvalue weighted by Crippen LogP contribution is 2.29. The molecule has 1 aliphatic heterocycles. The van der Waals surface area contributed by atoms with Gasteiger partial charge in [0.2, 0.25) is 11.9 Å². The molecule has 1 unspecified atom stereocenters. The highest BCUT2D eigenvalue weighted by molar-refractivity contribution is 6.61. The van der Waals surface area contributed by atoms with Gasteiger partial charge in [0, 0.05) is 30.0 Å². The molecule has 0 aromatic heterocycles. The van der Waals surface area contributed by atoms with E-state index in [1.807, 2.05) is 0 Å². The zero-order valence-electron chi connectivity index (χ0n) is 16.4. The van der Waals surface area contributed by atoms with Crippen molar-refractivity contribution >= 4 is 52.1 Å². The van der Waals surface area contributed by atoms with Crippen LogP contribution in [0.15, 0.2) is 58.7 Å². The van der Waals surface area contributed by atoms with Crippen LogP contribution in [-0.2, 0) is 14.4 Å². The molecule has 1 fully saturated rings. The van der Waals surface area contributed by atoms with Gasteiger partial charge in [-0.3, -0.25) is 34.6 Å². The van der Waals surface area contributed by atoms with Gasteiger partial charge in [-0.05, 0) is 12.1 Å². The van der Waals surface area contributed by atoms with Crippen LogP contribution in [0.4, 0.5) is 22.7 Å². The van der Waals surface area contributed by atoms with Gasteiger partial charge in [-0.25, -0.2) is 4.90 Å². The molecule has 2 aromatic carbocycles. The number of hydrogen-bond donors (Lipinski definition) is 3. The van der Waals surface area contributed by atoms with Gasteiger partial charge in [0.05, 0.1) is 15.5 Å². The van der Waals surface area contributed by atoms with E-state index in [9.17, 15) is 34.6 Å². The average Bonchev–Trinajstić information content (AvgIpc) is 3.01. The molecule has 15 heteroatoms. The molecule has 2 aromatic rings. The molecule has 0 bridgehead atoms. The van der Waals surface area contributed by atoms with Crippen molar-refractivity contribution in [2.24, 2.45) is 27.6 Å². The van der Waals surface area contributed by atoms with Gasteiger partial charge in [0.25, 0.3) is 23.2 Å². The quantitative estimate of drug-likeness (QED) is 0.135. The molecule has 1 atom stereocenters. The maximum absolute atomic E-state index is 13.0. The van der Waals surface area contributed by atoms with Crippen molar-refractivity contribution in [1.29, 1.82) is 0 Å². The SMILES string of the molecule is NC(N)=N/N=C1\C(=O)N(c2cccc([N+](=O)[O-])c2)C(=O)C1C(=O)Nc1cccc([N+](=O)[O-])c1. The molecule has 1 saturated heterocycles. The number of carbonyl (C=O) groups excluding carboxylic acids is 3.